The van der Waals surface area contributed by atoms with Gasteiger partial charge in [0.25, 0.3) is 5.91 Å². The highest BCUT2D eigenvalue weighted by Crippen LogP contribution is 2.28. The molecule has 8 nitrogen and oxygen atoms in total. The van der Waals surface area contributed by atoms with Gasteiger partial charge in [0.2, 0.25) is 10.0 Å². The van der Waals surface area contributed by atoms with Crippen LogP contribution < -0.4 is 10.2 Å². The van der Waals surface area contributed by atoms with Crippen molar-refractivity contribution in [2.45, 2.75) is 17.9 Å². The van der Waals surface area contributed by atoms with E-state index in [-0.39, 0.29) is 11.4 Å². The third kappa shape index (κ3) is 4.04. The first-order valence-corrected chi connectivity index (χ1v) is 10.7. The average molecular weight is 425 g/mol. The molecule has 154 valence electrons. The molecule has 2 aromatic carbocycles. The minimum atomic E-state index is -3.68. The highest BCUT2D eigenvalue weighted by molar-refractivity contribution is 7.89. The molecule has 9 heteroatoms. The first-order chi connectivity index (χ1) is 14.5. The van der Waals surface area contributed by atoms with Gasteiger partial charge in [-0.15, -0.1) is 0 Å². The molecule has 4 rings (SSSR count). The van der Waals surface area contributed by atoms with Crippen LogP contribution in [0.25, 0.3) is 0 Å². The predicted octanol–water partition coefficient (Wildman–Crippen LogP) is 2.74. The third-order valence-corrected chi connectivity index (χ3v) is 6.75. The molecule has 0 saturated carbocycles. The van der Waals surface area contributed by atoms with Crippen LogP contribution in [0.1, 0.15) is 21.5 Å². The fourth-order valence-corrected chi connectivity index (χ4v) is 4.73. The lowest BCUT2D eigenvalue weighted by Crippen LogP contribution is -2.36. The summed E-state index contributed by atoms with van der Waals surface area (Å²) in [5.41, 5.74) is 3.66. The van der Waals surface area contributed by atoms with Crippen LogP contribution in [0.3, 0.4) is 0 Å². The summed E-state index contributed by atoms with van der Waals surface area (Å²) in [5, 5.41) is 8.77. The number of hydrogen-bond acceptors (Lipinski definition) is 6. The van der Waals surface area contributed by atoms with E-state index in [4.69, 9.17) is 9.94 Å². The SMILES string of the molecule is O=C(NO)c1ccc2c(c1)CCN(S(=O)(=O)c1ccc(Oc3ccncc3)cc1)C2. The third-order valence-electron chi connectivity index (χ3n) is 4.89. The molecular weight excluding hydrogens is 406 g/mol. The quantitative estimate of drug-likeness (QED) is 0.481. The van der Waals surface area contributed by atoms with Crippen molar-refractivity contribution in [2.24, 2.45) is 0 Å². The normalized spacial score (nSPS) is 14.0. The Bertz CT molecular complexity index is 1170. The lowest BCUT2D eigenvalue weighted by molar-refractivity contribution is 0.0706. The fourth-order valence-electron chi connectivity index (χ4n) is 3.31. The molecule has 0 spiro atoms. The van der Waals surface area contributed by atoms with E-state index >= 15 is 0 Å². The van der Waals surface area contributed by atoms with Gasteiger partial charge in [-0.3, -0.25) is 15.0 Å². The highest BCUT2D eigenvalue weighted by Gasteiger charge is 2.28. The number of carbonyl (C=O) groups is 1. The van der Waals surface area contributed by atoms with Crippen molar-refractivity contribution >= 4 is 15.9 Å². The van der Waals surface area contributed by atoms with E-state index in [1.165, 1.54) is 16.4 Å². The number of benzene rings is 2. The van der Waals surface area contributed by atoms with Crippen molar-refractivity contribution in [3.05, 3.63) is 83.7 Å². The summed E-state index contributed by atoms with van der Waals surface area (Å²) in [6.07, 6.45) is 3.70. The largest absolute Gasteiger partial charge is 0.457 e. The van der Waals surface area contributed by atoms with Crippen molar-refractivity contribution in [1.82, 2.24) is 14.8 Å². The lowest BCUT2D eigenvalue weighted by Gasteiger charge is -2.28. The Morgan fingerprint density at radius 3 is 2.40 bits per heavy atom. The zero-order chi connectivity index (χ0) is 21.1. The topological polar surface area (TPSA) is 109 Å². The second-order valence-electron chi connectivity index (χ2n) is 6.77. The Morgan fingerprint density at radius 1 is 1.00 bits per heavy atom. The van der Waals surface area contributed by atoms with Crippen LogP contribution in [-0.4, -0.2) is 35.4 Å². The summed E-state index contributed by atoms with van der Waals surface area (Å²) >= 11 is 0. The number of rotatable bonds is 5. The summed E-state index contributed by atoms with van der Waals surface area (Å²) in [5.74, 6) is 0.545. The summed E-state index contributed by atoms with van der Waals surface area (Å²) in [6.45, 7) is 0.517. The number of hydrogen-bond donors (Lipinski definition) is 2. The number of ether oxygens (including phenoxy) is 1. The van der Waals surface area contributed by atoms with Crippen molar-refractivity contribution in [2.75, 3.05) is 6.54 Å². The molecule has 3 aromatic rings. The zero-order valence-corrected chi connectivity index (χ0v) is 16.7. The minimum absolute atomic E-state index is 0.185. The Kier molecular flexibility index (Phi) is 5.49. The molecule has 1 aliphatic heterocycles. The van der Waals surface area contributed by atoms with E-state index in [9.17, 15) is 13.2 Å². The number of nitrogens with one attached hydrogen (secondary N) is 1. The molecule has 0 atom stereocenters. The summed E-state index contributed by atoms with van der Waals surface area (Å²) in [4.78, 5) is 15.7. The fraction of sp³-hybridized carbons (Fsp3) is 0.143. The summed E-state index contributed by atoms with van der Waals surface area (Å²) < 4.78 is 33.2. The van der Waals surface area contributed by atoms with Crippen LogP contribution in [0.5, 0.6) is 11.5 Å². The van der Waals surface area contributed by atoms with E-state index in [1.807, 2.05) is 0 Å². The van der Waals surface area contributed by atoms with E-state index in [1.54, 1.807) is 60.3 Å². The van der Waals surface area contributed by atoms with Crippen LogP contribution in [-0.2, 0) is 23.0 Å². The molecule has 2 N–H and O–H groups in total. The Balaban J connectivity index is 1.51. The monoisotopic (exact) mass is 425 g/mol. The first kappa shape index (κ1) is 20.0. The number of fused-ring (bicyclic) bond motifs is 1. The molecule has 0 unspecified atom stereocenters. The average Bonchev–Trinajstić information content (AvgIpc) is 2.79. The van der Waals surface area contributed by atoms with Gasteiger partial charge in [0.05, 0.1) is 4.90 Å². The second kappa shape index (κ2) is 8.23. The van der Waals surface area contributed by atoms with Crippen LogP contribution in [0, 0.1) is 0 Å². The number of nitrogens with zero attached hydrogens (tertiary/aromatic N) is 2. The van der Waals surface area contributed by atoms with Gasteiger partial charge in [0, 0.05) is 31.0 Å². The maximum atomic E-state index is 13.1. The maximum Gasteiger partial charge on any atom is 0.274 e. The molecule has 0 fully saturated rings. The Morgan fingerprint density at radius 2 is 1.70 bits per heavy atom. The molecule has 2 heterocycles. The zero-order valence-electron chi connectivity index (χ0n) is 15.9. The van der Waals surface area contributed by atoms with Gasteiger partial charge in [-0.1, -0.05) is 6.07 Å². The number of sulfonamides is 1. The molecule has 0 aliphatic carbocycles. The van der Waals surface area contributed by atoms with Gasteiger partial charge in [0.1, 0.15) is 11.5 Å². The van der Waals surface area contributed by atoms with Crippen LogP contribution in [0.4, 0.5) is 0 Å². The smallest absolute Gasteiger partial charge is 0.274 e. The van der Waals surface area contributed by atoms with Gasteiger partial charge in [-0.25, -0.2) is 13.9 Å². The lowest BCUT2D eigenvalue weighted by atomic mass is 9.98. The van der Waals surface area contributed by atoms with E-state index in [0.29, 0.717) is 30.0 Å². The van der Waals surface area contributed by atoms with E-state index < -0.39 is 15.9 Å². The molecule has 1 amide bonds. The number of amides is 1. The van der Waals surface area contributed by atoms with Gasteiger partial charge < -0.3 is 4.74 Å². The molecular formula is C21H19N3O5S. The van der Waals surface area contributed by atoms with Crippen LogP contribution >= 0.6 is 0 Å². The predicted molar refractivity (Wildman–Crippen MR) is 108 cm³/mol. The maximum absolute atomic E-state index is 13.1. The van der Waals surface area contributed by atoms with Gasteiger partial charge in [-0.05, 0) is 66.1 Å². The molecule has 1 aromatic heterocycles. The number of hydroxylamine groups is 1. The number of pyridine rings is 1. The van der Waals surface area contributed by atoms with Crippen LogP contribution in [0.2, 0.25) is 0 Å². The van der Waals surface area contributed by atoms with Crippen LogP contribution in [0.15, 0.2) is 71.9 Å². The Labute approximate surface area is 173 Å². The van der Waals surface area contributed by atoms with Crippen molar-refractivity contribution in [1.29, 1.82) is 0 Å². The van der Waals surface area contributed by atoms with E-state index in [2.05, 4.69) is 4.98 Å². The number of carbonyl (C=O) groups excluding carboxylic acids is 1. The van der Waals surface area contributed by atoms with E-state index in [0.717, 1.165) is 11.1 Å². The number of aromatic nitrogens is 1. The van der Waals surface area contributed by atoms with Crippen molar-refractivity contribution in [3.63, 3.8) is 0 Å². The van der Waals surface area contributed by atoms with Gasteiger partial charge in [0.15, 0.2) is 0 Å². The Hall–Kier alpha value is -3.27. The standard InChI is InChI=1S/C21H19N3O5S/c25-21(23-26)16-1-2-17-14-24(12-9-15(17)13-16)30(27,28)20-5-3-18(4-6-20)29-19-7-10-22-11-8-19/h1-8,10-11,13,26H,9,12,14H2,(H,23,25). The second-order valence-corrected chi connectivity index (χ2v) is 8.71. The summed E-state index contributed by atoms with van der Waals surface area (Å²) in [6, 6.07) is 14.7. The molecule has 1 aliphatic rings. The molecule has 0 bridgehead atoms. The molecule has 30 heavy (non-hydrogen) atoms. The summed E-state index contributed by atoms with van der Waals surface area (Å²) in [7, 11) is -3.68. The minimum Gasteiger partial charge on any atom is -0.457 e. The highest BCUT2D eigenvalue weighted by atomic mass is 32.2. The van der Waals surface area contributed by atoms with Gasteiger partial charge in [-0.2, -0.15) is 4.31 Å². The molecule has 0 saturated heterocycles. The molecule has 0 radical (unpaired) electrons. The van der Waals surface area contributed by atoms with Crippen molar-refractivity contribution in [3.8, 4) is 11.5 Å². The van der Waals surface area contributed by atoms with Crippen molar-refractivity contribution < 1.29 is 23.2 Å². The van der Waals surface area contributed by atoms with Gasteiger partial charge >= 0.3 is 0 Å². The first-order valence-electron chi connectivity index (χ1n) is 9.22.